The van der Waals surface area contributed by atoms with Crippen LogP contribution in [0.15, 0.2) is 12.1 Å². The lowest BCUT2D eigenvalue weighted by Gasteiger charge is -2.35. The van der Waals surface area contributed by atoms with Gasteiger partial charge in [-0.25, -0.2) is 0 Å². The van der Waals surface area contributed by atoms with E-state index in [-0.39, 0.29) is 6.10 Å². The molecule has 0 aromatic heterocycles. The molecule has 106 valence electrons. The topological polar surface area (TPSA) is 21.3 Å². The molecule has 1 N–H and O–H groups in total. The molecule has 0 bridgehead atoms. The minimum absolute atomic E-state index is 0.282. The maximum Gasteiger partial charge on any atom is 0.127 e. The highest BCUT2D eigenvalue weighted by Gasteiger charge is 2.30. The summed E-state index contributed by atoms with van der Waals surface area (Å²) in [7, 11) is 0. The molecular weight excluding hydrogens is 234 g/mol. The zero-order valence-electron chi connectivity index (χ0n) is 13.1. The predicted molar refractivity (Wildman–Crippen MR) is 81.0 cm³/mol. The van der Waals surface area contributed by atoms with Crippen LogP contribution in [0.4, 0.5) is 0 Å². The van der Waals surface area contributed by atoms with Crippen LogP contribution in [0.2, 0.25) is 0 Å². The summed E-state index contributed by atoms with van der Waals surface area (Å²) in [4.78, 5) is 0. The Hall–Kier alpha value is -1.02. The molecular formula is C17H27NO. The van der Waals surface area contributed by atoms with Crippen LogP contribution in [0, 0.1) is 6.92 Å². The molecule has 1 heterocycles. The van der Waals surface area contributed by atoms with Crippen molar-refractivity contribution in [3.8, 4) is 5.75 Å². The van der Waals surface area contributed by atoms with Gasteiger partial charge in [-0.2, -0.15) is 0 Å². The summed E-state index contributed by atoms with van der Waals surface area (Å²) in [6, 6.07) is 5.37. The van der Waals surface area contributed by atoms with Crippen molar-refractivity contribution in [1.29, 1.82) is 0 Å². The summed E-state index contributed by atoms with van der Waals surface area (Å²) in [5.41, 5.74) is 4.06. The minimum atomic E-state index is 0.282. The van der Waals surface area contributed by atoms with E-state index in [9.17, 15) is 0 Å². The van der Waals surface area contributed by atoms with Crippen molar-refractivity contribution in [2.45, 2.75) is 72.1 Å². The molecule has 2 unspecified atom stereocenters. The van der Waals surface area contributed by atoms with Gasteiger partial charge in [0.15, 0.2) is 0 Å². The second-order valence-electron chi connectivity index (χ2n) is 6.41. The summed E-state index contributed by atoms with van der Waals surface area (Å²) < 4.78 is 6.13. The first-order valence-corrected chi connectivity index (χ1v) is 7.46. The Balaban J connectivity index is 2.52. The van der Waals surface area contributed by atoms with Gasteiger partial charge in [-0.3, -0.25) is 0 Å². The molecule has 0 saturated heterocycles. The molecule has 0 radical (unpaired) electrons. The standard InChI is InChI=1S/C17H27NO/c1-10(2)14-8-7-12(5)17-16(14)15(18-11(3)4)9-13(6)19-17/h7-8,10-11,13,15,18H,9H2,1-6H3. The molecule has 0 saturated carbocycles. The molecule has 2 atom stereocenters. The molecule has 19 heavy (non-hydrogen) atoms. The zero-order valence-corrected chi connectivity index (χ0v) is 13.1. The van der Waals surface area contributed by atoms with Crippen LogP contribution in [-0.2, 0) is 0 Å². The molecule has 2 nitrogen and oxygen atoms in total. The smallest absolute Gasteiger partial charge is 0.127 e. The van der Waals surface area contributed by atoms with Gasteiger partial charge in [0, 0.05) is 24.1 Å². The number of hydrogen-bond acceptors (Lipinski definition) is 2. The first kappa shape index (κ1) is 14.4. The molecule has 1 aromatic rings. The van der Waals surface area contributed by atoms with Crippen LogP contribution in [0.5, 0.6) is 5.75 Å². The van der Waals surface area contributed by atoms with Crippen LogP contribution in [0.3, 0.4) is 0 Å². The van der Waals surface area contributed by atoms with E-state index in [4.69, 9.17) is 4.74 Å². The number of aryl methyl sites for hydroxylation is 1. The van der Waals surface area contributed by atoms with E-state index < -0.39 is 0 Å². The third kappa shape index (κ3) is 2.94. The van der Waals surface area contributed by atoms with Crippen LogP contribution < -0.4 is 10.1 Å². The largest absolute Gasteiger partial charge is 0.490 e. The third-order valence-electron chi connectivity index (χ3n) is 3.82. The molecule has 0 fully saturated rings. The quantitative estimate of drug-likeness (QED) is 0.874. The number of fused-ring (bicyclic) bond motifs is 1. The predicted octanol–water partition coefficient (Wildman–Crippen LogP) is 4.33. The fourth-order valence-corrected chi connectivity index (χ4v) is 3.00. The van der Waals surface area contributed by atoms with E-state index in [1.165, 1.54) is 16.7 Å². The Kier molecular flexibility index (Phi) is 4.19. The van der Waals surface area contributed by atoms with Crippen molar-refractivity contribution >= 4 is 0 Å². The lowest BCUT2D eigenvalue weighted by Crippen LogP contribution is -2.36. The average molecular weight is 261 g/mol. The van der Waals surface area contributed by atoms with Crippen molar-refractivity contribution < 1.29 is 4.74 Å². The van der Waals surface area contributed by atoms with Gasteiger partial charge in [-0.1, -0.05) is 39.8 Å². The van der Waals surface area contributed by atoms with E-state index in [1.54, 1.807) is 0 Å². The summed E-state index contributed by atoms with van der Waals surface area (Å²) in [5, 5.41) is 3.71. The fourth-order valence-electron chi connectivity index (χ4n) is 3.00. The molecule has 1 aromatic carbocycles. The SMILES string of the molecule is Cc1ccc(C(C)C)c2c1OC(C)CC2NC(C)C. The Morgan fingerprint density at radius 2 is 1.89 bits per heavy atom. The van der Waals surface area contributed by atoms with E-state index in [1.807, 2.05) is 0 Å². The van der Waals surface area contributed by atoms with Crippen molar-refractivity contribution in [1.82, 2.24) is 5.32 Å². The summed E-state index contributed by atoms with van der Waals surface area (Å²) in [6.07, 6.45) is 1.33. The van der Waals surface area contributed by atoms with Gasteiger partial charge in [0.2, 0.25) is 0 Å². The minimum Gasteiger partial charge on any atom is -0.490 e. The Bertz CT molecular complexity index is 451. The third-order valence-corrected chi connectivity index (χ3v) is 3.82. The van der Waals surface area contributed by atoms with E-state index in [2.05, 4.69) is 59.0 Å². The highest BCUT2D eigenvalue weighted by Crippen LogP contribution is 2.41. The monoisotopic (exact) mass is 261 g/mol. The van der Waals surface area contributed by atoms with Crippen molar-refractivity contribution in [2.75, 3.05) is 0 Å². The van der Waals surface area contributed by atoms with Gasteiger partial charge in [0.25, 0.3) is 0 Å². The molecule has 2 heteroatoms. The maximum atomic E-state index is 6.13. The summed E-state index contributed by atoms with van der Waals surface area (Å²) in [5.74, 6) is 1.64. The molecule has 0 aliphatic carbocycles. The van der Waals surface area contributed by atoms with E-state index in [0.717, 1.165) is 12.2 Å². The number of ether oxygens (including phenoxy) is 1. The number of benzene rings is 1. The van der Waals surface area contributed by atoms with Gasteiger partial charge >= 0.3 is 0 Å². The normalized spacial score (nSPS) is 22.5. The lowest BCUT2D eigenvalue weighted by molar-refractivity contribution is 0.161. The Morgan fingerprint density at radius 3 is 2.47 bits per heavy atom. The average Bonchev–Trinajstić information content (AvgIpc) is 2.29. The first-order chi connectivity index (χ1) is 8.90. The molecule has 1 aliphatic rings. The summed E-state index contributed by atoms with van der Waals surface area (Å²) in [6.45, 7) is 13.3. The lowest BCUT2D eigenvalue weighted by atomic mass is 9.86. The second-order valence-corrected chi connectivity index (χ2v) is 6.41. The van der Waals surface area contributed by atoms with Crippen molar-refractivity contribution in [3.63, 3.8) is 0 Å². The molecule has 0 spiro atoms. The Labute approximate surface area is 117 Å². The first-order valence-electron chi connectivity index (χ1n) is 7.46. The molecule has 2 rings (SSSR count). The van der Waals surface area contributed by atoms with Crippen LogP contribution in [0.25, 0.3) is 0 Å². The van der Waals surface area contributed by atoms with Crippen molar-refractivity contribution in [2.24, 2.45) is 0 Å². The molecule has 0 amide bonds. The van der Waals surface area contributed by atoms with Crippen LogP contribution >= 0.6 is 0 Å². The molecule has 1 aliphatic heterocycles. The Morgan fingerprint density at radius 1 is 1.21 bits per heavy atom. The van der Waals surface area contributed by atoms with E-state index in [0.29, 0.717) is 18.0 Å². The van der Waals surface area contributed by atoms with Gasteiger partial charge in [0.05, 0.1) is 6.10 Å². The highest BCUT2D eigenvalue weighted by atomic mass is 16.5. The van der Waals surface area contributed by atoms with Gasteiger partial charge < -0.3 is 10.1 Å². The van der Waals surface area contributed by atoms with E-state index >= 15 is 0 Å². The van der Waals surface area contributed by atoms with Crippen LogP contribution in [0.1, 0.15) is 69.7 Å². The fraction of sp³-hybridized carbons (Fsp3) is 0.647. The maximum absolute atomic E-state index is 6.13. The van der Waals surface area contributed by atoms with Gasteiger partial charge in [-0.05, 0) is 30.9 Å². The highest BCUT2D eigenvalue weighted by molar-refractivity contribution is 5.50. The summed E-state index contributed by atoms with van der Waals surface area (Å²) >= 11 is 0. The number of nitrogens with one attached hydrogen (secondary N) is 1. The zero-order chi connectivity index (χ0) is 14.2. The van der Waals surface area contributed by atoms with Crippen LogP contribution in [-0.4, -0.2) is 12.1 Å². The second kappa shape index (κ2) is 5.54. The number of rotatable bonds is 3. The van der Waals surface area contributed by atoms with Crippen molar-refractivity contribution in [3.05, 3.63) is 28.8 Å². The number of hydrogen-bond donors (Lipinski definition) is 1. The van der Waals surface area contributed by atoms with Gasteiger partial charge in [0.1, 0.15) is 5.75 Å². The van der Waals surface area contributed by atoms with Gasteiger partial charge in [-0.15, -0.1) is 0 Å².